The van der Waals surface area contributed by atoms with Gasteiger partial charge in [0.25, 0.3) is 0 Å². The highest BCUT2D eigenvalue weighted by molar-refractivity contribution is 6.30. The van der Waals surface area contributed by atoms with Crippen LogP contribution in [0.3, 0.4) is 0 Å². The number of halogens is 1. The summed E-state index contributed by atoms with van der Waals surface area (Å²) < 4.78 is 5.02. The maximum atomic E-state index is 11.6. The Kier molecular flexibility index (Phi) is 5.82. The van der Waals surface area contributed by atoms with Crippen molar-refractivity contribution in [2.24, 2.45) is 0 Å². The van der Waals surface area contributed by atoms with Crippen LogP contribution in [0.4, 0.5) is 4.79 Å². The molecule has 0 saturated carbocycles. The van der Waals surface area contributed by atoms with Crippen molar-refractivity contribution in [1.82, 2.24) is 10.6 Å². The number of hydrogen-bond acceptors (Lipinski definition) is 3. The molecular formula is C14H19ClN2O3. The third kappa shape index (κ3) is 6.99. The Morgan fingerprint density at radius 2 is 1.95 bits per heavy atom. The zero-order chi connectivity index (χ0) is 15.2. The topological polar surface area (TPSA) is 67.4 Å². The van der Waals surface area contributed by atoms with Gasteiger partial charge in [-0.15, -0.1) is 0 Å². The summed E-state index contributed by atoms with van der Waals surface area (Å²) in [5.74, 6) is -0.296. The van der Waals surface area contributed by atoms with E-state index >= 15 is 0 Å². The number of carbonyl (C=O) groups excluding carboxylic acids is 2. The fraction of sp³-hybridized carbons (Fsp3) is 0.429. The molecular weight excluding hydrogens is 280 g/mol. The fourth-order valence-corrected chi connectivity index (χ4v) is 1.59. The lowest BCUT2D eigenvalue weighted by Gasteiger charge is -2.19. The van der Waals surface area contributed by atoms with E-state index in [1.807, 2.05) is 12.1 Å². The highest BCUT2D eigenvalue weighted by Crippen LogP contribution is 2.10. The van der Waals surface area contributed by atoms with Crippen LogP contribution in [0.2, 0.25) is 5.02 Å². The summed E-state index contributed by atoms with van der Waals surface area (Å²) in [4.78, 5) is 22.9. The molecule has 6 heteroatoms. The van der Waals surface area contributed by atoms with Crippen molar-refractivity contribution in [3.8, 4) is 0 Å². The van der Waals surface area contributed by atoms with Crippen molar-refractivity contribution < 1.29 is 14.3 Å². The van der Waals surface area contributed by atoms with Gasteiger partial charge < -0.3 is 15.4 Å². The average Bonchev–Trinajstić information content (AvgIpc) is 2.32. The normalized spacial score (nSPS) is 10.8. The predicted molar refractivity (Wildman–Crippen MR) is 77.5 cm³/mol. The van der Waals surface area contributed by atoms with Crippen LogP contribution in [0.1, 0.15) is 26.3 Å². The molecule has 1 aromatic rings. The number of carbonyl (C=O) groups is 2. The van der Waals surface area contributed by atoms with E-state index in [0.717, 1.165) is 5.56 Å². The van der Waals surface area contributed by atoms with Gasteiger partial charge >= 0.3 is 6.09 Å². The summed E-state index contributed by atoms with van der Waals surface area (Å²) in [5, 5.41) is 5.68. The van der Waals surface area contributed by atoms with Crippen molar-refractivity contribution in [3.05, 3.63) is 34.9 Å². The first kappa shape index (κ1) is 16.3. The number of ether oxygens (including phenoxy) is 1. The molecule has 2 amide bonds. The Hall–Kier alpha value is -1.75. The molecule has 0 atom stereocenters. The molecule has 5 nitrogen and oxygen atoms in total. The molecule has 110 valence electrons. The van der Waals surface area contributed by atoms with Crippen LogP contribution in [-0.2, 0) is 16.1 Å². The fourth-order valence-electron chi connectivity index (χ4n) is 1.38. The Labute approximate surface area is 123 Å². The Morgan fingerprint density at radius 3 is 2.55 bits per heavy atom. The van der Waals surface area contributed by atoms with Crippen molar-refractivity contribution in [2.75, 3.05) is 6.54 Å². The van der Waals surface area contributed by atoms with Crippen LogP contribution in [0, 0.1) is 0 Å². The van der Waals surface area contributed by atoms with E-state index in [2.05, 4.69) is 10.6 Å². The van der Waals surface area contributed by atoms with Crippen molar-refractivity contribution >= 4 is 23.6 Å². The van der Waals surface area contributed by atoms with Crippen LogP contribution in [0.15, 0.2) is 24.3 Å². The number of rotatable bonds is 4. The lowest BCUT2D eigenvalue weighted by atomic mass is 10.2. The summed E-state index contributed by atoms with van der Waals surface area (Å²) >= 11 is 5.84. The number of hydrogen-bond donors (Lipinski definition) is 2. The second-order valence-electron chi connectivity index (χ2n) is 5.26. The van der Waals surface area contributed by atoms with Gasteiger partial charge in [-0.1, -0.05) is 23.7 Å². The van der Waals surface area contributed by atoms with Crippen molar-refractivity contribution in [1.29, 1.82) is 0 Å². The lowest BCUT2D eigenvalue weighted by molar-refractivity contribution is -0.120. The highest BCUT2D eigenvalue weighted by Gasteiger charge is 2.16. The van der Waals surface area contributed by atoms with Gasteiger partial charge in [0.15, 0.2) is 0 Å². The second kappa shape index (κ2) is 7.14. The van der Waals surface area contributed by atoms with E-state index in [0.29, 0.717) is 11.6 Å². The van der Waals surface area contributed by atoms with Gasteiger partial charge in [0.2, 0.25) is 5.91 Å². The minimum Gasteiger partial charge on any atom is -0.444 e. The maximum absolute atomic E-state index is 11.6. The van der Waals surface area contributed by atoms with E-state index in [1.165, 1.54) is 0 Å². The first-order valence-electron chi connectivity index (χ1n) is 6.24. The van der Waals surface area contributed by atoms with E-state index in [1.54, 1.807) is 32.9 Å². The molecule has 0 aliphatic rings. The largest absolute Gasteiger partial charge is 0.444 e. The number of nitrogens with one attached hydrogen (secondary N) is 2. The first-order valence-corrected chi connectivity index (χ1v) is 6.62. The third-order valence-corrected chi connectivity index (χ3v) is 2.41. The van der Waals surface area contributed by atoms with E-state index in [4.69, 9.17) is 16.3 Å². The second-order valence-corrected chi connectivity index (χ2v) is 5.70. The summed E-state index contributed by atoms with van der Waals surface area (Å²) in [5.41, 5.74) is 0.310. The standard InChI is InChI=1S/C14H19ClN2O3/c1-14(2,3)20-13(19)17-9-12(18)16-8-10-5-4-6-11(15)7-10/h4-7H,8-9H2,1-3H3,(H,16,18)(H,17,19). The Morgan fingerprint density at radius 1 is 1.25 bits per heavy atom. The van der Waals surface area contributed by atoms with Gasteiger partial charge in [0.1, 0.15) is 12.1 Å². The van der Waals surface area contributed by atoms with Gasteiger partial charge in [-0.05, 0) is 38.5 Å². The quantitative estimate of drug-likeness (QED) is 0.897. The molecule has 0 bridgehead atoms. The zero-order valence-electron chi connectivity index (χ0n) is 11.8. The number of benzene rings is 1. The monoisotopic (exact) mass is 298 g/mol. The summed E-state index contributed by atoms with van der Waals surface area (Å²) in [6.45, 7) is 5.49. The first-order chi connectivity index (χ1) is 9.26. The molecule has 0 aliphatic carbocycles. The van der Waals surface area contributed by atoms with Gasteiger partial charge in [-0.2, -0.15) is 0 Å². The summed E-state index contributed by atoms with van der Waals surface area (Å²) in [6, 6.07) is 7.19. The molecule has 0 aliphatic heterocycles. The van der Waals surface area contributed by atoms with E-state index in [-0.39, 0.29) is 12.5 Å². The molecule has 2 N–H and O–H groups in total. The van der Waals surface area contributed by atoms with Gasteiger partial charge in [-0.3, -0.25) is 4.79 Å². The van der Waals surface area contributed by atoms with Crippen LogP contribution >= 0.6 is 11.6 Å². The smallest absolute Gasteiger partial charge is 0.408 e. The van der Waals surface area contributed by atoms with E-state index < -0.39 is 11.7 Å². The van der Waals surface area contributed by atoms with Crippen molar-refractivity contribution in [3.63, 3.8) is 0 Å². The van der Waals surface area contributed by atoms with Gasteiger partial charge in [0, 0.05) is 11.6 Å². The molecule has 20 heavy (non-hydrogen) atoms. The van der Waals surface area contributed by atoms with Crippen LogP contribution in [-0.4, -0.2) is 24.1 Å². The SMILES string of the molecule is CC(C)(C)OC(=O)NCC(=O)NCc1cccc(Cl)c1. The molecule has 0 radical (unpaired) electrons. The number of amides is 2. The Bertz CT molecular complexity index is 484. The molecule has 0 unspecified atom stereocenters. The molecule has 1 rings (SSSR count). The number of alkyl carbamates (subject to hydrolysis) is 1. The highest BCUT2D eigenvalue weighted by atomic mass is 35.5. The lowest BCUT2D eigenvalue weighted by Crippen LogP contribution is -2.39. The molecule has 0 fully saturated rings. The molecule has 0 saturated heterocycles. The van der Waals surface area contributed by atoms with Crippen LogP contribution in [0.25, 0.3) is 0 Å². The molecule has 0 heterocycles. The Balaban J connectivity index is 2.29. The summed E-state index contributed by atoms with van der Waals surface area (Å²) in [7, 11) is 0. The predicted octanol–water partition coefficient (Wildman–Crippen LogP) is 2.48. The van der Waals surface area contributed by atoms with E-state index in [9.17, 15) is 9.59 Å². The van der Waals surface area contributed by atoms with Crippen LogP contribution < -0.4 is 10.6 Å². The molecule has 0 spiro atoms. The minimum absolute atomic E-state index is 0.129. The molecule has 1 aromatic carbocycles. The van der Waals surface area contributed by atoms with Gasteiger partial charge in [-0.25, -0.2) is 4.79 Å². The minimum atomic E-state index is -0.615. The van der Waals surface area contributed by atoms with Gasteiger partial charge in [0.05, 0.1) is 0 Å². The maximum Gasteiger partial charge on any atom is 0.408 e. The zero-order valence-corrected chi connectivity index (χ0v) is 12.6. The molecule has 0 aromatic heterocycles. The van der Waals surface area contributed by atoms with Crippen molar-refractivity contribution in [2.45, 2.75) is 32.9 Å². The average molecular weight is 299 g/mol. The van der Waals surface area contributed by atoms with Crippen LogP contribution in [0.5, 0.6) is 0 Å². The summed E-state index contributed by atoms with van der Waals surface area (Å²) in [6.07, 6.45) is -0.615. The third-order valence-electron chi connectivity index (χ3n) is 2.17.